The van der Waals surface area contributed by atoms with Crippen LogP contribution in [0, 0.1) is 41.5 Å². The monoisotopic (exact) mass is 679 g/mol. The van der Waals surface area contributed by atoms with E-state index in [0.717, 1.165) is 11.1 Å². The molecule has 0 N–H and O–H groups in total. The van der Waals surface area contributed by atoms with Crippen LogP contribution in [0.1, 0.15) is 33.4 Å². The number of hydrogen-bond donors (Lipinski definition) is 0. The fourth-order valence-corrected chi connectivity index (χ4v) is 10.4. The minimum atomic E-state index is 1.12. The summed E-state index contributed by atoms with van der Waals surface area (Å²) in [5, 5.41) is 5.44. The normalized spacial score (nSPS) is 11.8. The van der Waals surface area contributed by atoms with Gasteiger partial charge in [0.05, 0.1) is 0 Å². The Kier molecular flexibility index (Phi) is 7.28. The number of hydrogen-bond acceptors (Lipinski definition) is 3. The topological polar surface area (TPSA) is 12.9 Å². The Bertz CT molecular complexity index is 2640. The summed E-state index contributed by atoms with van der Waals surface area (Å²) < 4.78 is 5.48. The highest BCUT2D eigenvalue weighted by atomic mass is 32.1. The molecular weight excluding hydrogens is 643 g/mol. The third-order valence-corrected chi connectivity index (χ3v) is 12.8. The smallest absolute Gasteiger partial charge is 0.0434 e. The maximum absolute atomic E-state index is 4.77. The van der Waals surface area contributed by atoms with Crippen LogP contribution in [-0.2, 0) is 0 Å². The SMILES string of the molecule is Cc1cc(C)c2sc3c(-c4cccc(-c5cncc(-c6cccc(-c7cc(C)cc8c7sc7c(C)cc(C)cc78)c6)c5)c4)cc(C)cc3c2c1. The van der Waals surface area contributed by atoms with Crippen molar-refractivity contribution in [2.45, 2.75) is 41.5 Å². The molecule has 0 bridgehead atoms. The molecule has 0 spiro atoms. The van der Waals surface area contributed by atoms with Gasteiger partial charge in [0.1, 0.15) is 0 Å². The zero-order valence-corrected chi connectivity index (χ0v) is 30.9. The lowest BCUT2D eigenvalue weighted by Gasteiger charge is -2.11. The summed E-state index contributed by atoms with van der Waals surface area (Å²) in [5.41, 5.74) is 17.6. The molecule has 0 aliphatic rings. The lowest BCUT2D eigenvalue weighted by atomic mass is 9.94. The number of pyridine rings is 1. The number of benzene rings is 6. The molecule has 0 amide bonds. The molecule has 3 heteroatoms. The standard InChI is InChI=1S/C47H37NS2/c1-26-13-30(5)44-40(17-26)42-19-28(3)15-38(46(42)49-44)34-11-7-9-32(21-34)36-23-37(25-48-24-36)33-10-8-12-35(22-33)39-16-29(4)20-43-41-18-27(2)14-31(6)45(41)50-47(39)43/h7-25H,1-6H3. The molecule has 0 saturated heterocycles. The van der Waals surface area contributed by atoms with Crippen LogP contribution in [0.5, 0.6) is 0 Å². The van der Waals surface area contributed by atoms with Gasteiger partial charge in [0.2, 0.25) is 0 Å². The summed E-state index contributed by atoms with van der Waals surface area (Å²) in [6, 6.07) is 38.9. The molecule has 0 radical (unpaired) electrons. The van der Waals surface area contributed by atoms with E-state index < -0.39 is 0 Å². The zero-order valence-electron chi connectivity index (χ0n) is 29.2. The highest BCUT2D eigenvalue weighted by Crippen LogP contribution is 2.45. The van der Waals surface area contributed by atoms with Gasteiger partial charge in [-0.3, -0.25) is 4.98 Å². The second-order valence-electron chi connectivity index (χ2n) is 14.1. The van der Waals surface area contributed by atoms with E-state index >= 15 is 0 Å². The van der Waals surface area contributed by atoms with Gasteiger partial charge in [-0.2, -0.15) is 0 Å². The molecule has 50 heavy (non-hydrogen) atoms. The summed E-state index contributed by atoms with van der Waals surface area (Å²) in [6.07, 6.45) is 3.99. The molecule has 6 aromatic carbocycles. The first-order valence-electron chi connectivity index (χ1n) is 17.2. The Morgan fingerprint density at radius 1 is 0.360 bits per heavy atom. The molecule has 242 valence electrons. The molecule has 0 saturated carbocycles. The zero-order chi connectivity index (χ0) is 34.3. The van der Waals surface area contributed by atoms with Crippen LogP contribution >= 0.6 is 22.7 Å². The van der Waals surface area contributed by atoms with E-state index in [4.69, 9.17) is 4.98 Å². The number of fused-ring (bicyclic) bond motifs is 6. The third kappa shape index (κ3) is 5.16. The predicted molar refractivity (Wildman–Crippen MR) is 220 cm³/mol. The number of thiophene rings is 2. The average molecular weight is 680 g/mol. The van der Waals surface area contributed by atoms with Crippen LogP contribution in [0.25, 0.3) is 84.9 Å². The molecule has 0 aliphatic heterocycles. The Morgan fingerprint density at radius 3 is 1.16 bits per heavy atom. The largest absolute Gasteiger partial charge is 0.263 e. The highest BCUT2D eigenvalue weighted by Gasteiger charge is 2.16. The summed E-state index contributed by atoms with van der Waals surface area (Å²) in [5.74, 6) is 0. The second kappa shape index (κ2) is 11.8. The van der Waals surface area contributed by atoms with Crippen molar-refractivity contribution < 1.29 is 0 Å². The molecule has 0 aliphatic carbocycles. The Labute approximate surface area is 301 Å². The van der Waals surface area contributed by atoms with Gasteiger partial charge < -0.3 is 0 Å². The quantitative estimate of drug-likeness (QED) is 0.180. The van der Waals surface area contributed by atoms with Gasteiger partial charge in [-0.15, -0.1) is 22.7 Å². The fourth-order valence-electron chi connectivity index (χ4n) is 7.87. The Morgan fingerprint density at radius 2 is 0.720 bits per heavy atom. The molecule has 0 atom stereocenters. The minimum Gasteiger partial charge on any atom is -0.263 e. The lowest BCUT2D eigenvalue weighted by Crippen LogP contribution is -1.87. The second-order valence-corrected chi connectivity index (χ2v) is 16.2. The van der Waals surface area contributed by atoms with Gasteiger partial charge in [-0.25, -0.2) is 0 Å². The van der Waals surface area contributed by atoms with Crippen LogP contribution in [0.15, 0.2) is 116 Å². The first kappa shape index (κ1) is 30.9. The summed E-state index contributed by atoms with van der Waals surface area (Å²) in [4.78, 5) is 4.77. The van der Waals surface area contributed by atoms with E-state index in [2.05, 4.69) is 145 Å². The maximum atomic E-state index is 4.77. The van der Waals surface area contributed by atoms with Crippen molar-refractivity contribution in [2.75, 3.05) is 0 Å². The summed E-state index contributed by atoms with van der Waals surface area (Å²) in [7, 11) is 0. The predicted octanol–water partition coefficient (Wildman–Crippen LogP) is 14.3. The van der Waals surface area contributed by atoms with E-state index in [-0.39, 0.29) is 0 Å². The van der Waals surface area contributed by atoms with Crippen molar-refractivity contribution in [3.05, 3.63) is 149 Å². The number of nitrogens with zero attached hydrogens (tertiary/aromatic N) is 1. The number of rotatable bonds is 4. The molecule has 9 aromatic rings. The molecule has 0 unspecified atom stereocenters. The van der Waals surface area contributed by atoms with E-state index in [1.165, 1.54) is 107 Å². The molecule has 1 nitrogen and oxygen atoms in total. The Hall–Kier alpha value is -5.09. The maximum Gasteiger partial charge on any atom is 0.0434 e. The van der Waals surface area contributed by atoms with Crippen molar-refractivity contribution in [2.24, 2.45) is 0 Å². The van der Waals surface area contributed by atoms with Gasteiger partial charge in [-0.1, -0.05) is 59.7 Å². The van der Waals surface area contributed by atoms with Crippen LogP contribution < -0.4 is 0 Å². The van der Waals surface area contributed by atoms with Gasteiger partial charge >= 0.3 is 0 Å². The van der Waals surface area contributed by atoms with Crippen molar-refractivity contribution in [3.63, 3.8) is 0 Å². The van der Waals surface area contributed by atoms with Gasteiger partial charge in [-0.05, 0) is 152 Å². The van der Waals surface area contributed by atoms with Crippen LogP contribution in [0.3, 0.4) is 0 Å². The Balaban J connectivity index is 1.12. The van der Waals surface area contributed by atoms with Crippen molar-refractivity contribution >= 4 is 63.0 Å². The van der Waals surface area contributed by atoms with Crippen LogP contribution in [0.4, 0.5) is 0 Å². The average Bonchev–Trinajstić information content (AvgIpc) is 3.66. The van der Waals surface area contributed by atoms with Crippen LogP contribution in [-0.4, -0.2) is 4.98 Å². The summed E-state index contributed by atoms with van der Waals surface area (Å²) >= 11 is 3.84. The van der Waals surface area contributed by atoms with E-state index in [1.807, 2.05) is 35.1 Å². The third-order valence-electron chi connectivity index (χ3n) is 10.0. The molecule has 0 fully saturated rings. The van der Waals surface area contributed by atoms with E-state index in [1.54, 1.807) is 0 Å². The van der Waals surface area contributed by atoms with Crippen molar-refractivity contribution in [3.8, 4) is 44.5 Å². The van der Waals surface area contributed by atoms with Crippen LogP contribution in [0.2, 0.25) is 0 Å². The van der Waals surface area contributed by atoms with Gasteiger partial charge in [0, 0.05) is 63.9 Å². The fraction of sp³-hybridized carbons (Fsp3) is 0.128. The first-order chi connectivity index (χ1) is 24.2. The minimum absolute atomic E-state index is 1.12. The molecular formula is C47H37NS2. The molecule has 9 rings (SSSR count). The highest BCUT2D eigenvalue weighted by molar-refractivity contribution is 7.27. The lowest BCUT2D eigenvalue weighted by molar-refractivity contribution is 1.33. The molecule has 3 heterocycles. The number of aryl methyl sites for hydroxylation is 6. The van der Waals surface area contributed by atoms with Crippen molar-refractivity contribution in [1.82, 2.24) is 4.98 Å². The summed E-state index contributed by atoms with van der Waals surface area (Å²) in [6.45, 7) is 13.3. The van der Waals surface area contributed by atoms with Gasteiger partial charge in [0.15, 0.2) is 0 Å². The van der Waals surface area contributed by atoms with Gasteiger partial charge in [0.25, 0.3) is 0 Å². The first-order valence-corrected chi connectivity index (χ1v) is 18.9. The van der Waals surface area contributed by atoms with E-state index in [9.17, 15) is 0 Å². The van der Waals surface area contributed by atoms with E-state index in [0.29, 0.717) is 0 Å². The molecule has 3 aromatic heterocycles. The van der Waals surface area contributed by atoms with Crippen molar-refractivity contribution in [1.29, 1.82) is 0 Å². The number of aromatic nitrogens is 1.